The maximum absolute atomic E-state index is 13.8. The molecular weight excluding hydrogens is 614 g/mol. The van der Waals surface area contributed by atoms with Crippen molar-refractivity contribution in [2.45, 2.75) is 200 Å². The van der Waals surface area contributed by atoms with E-state index in [4.69, 9.17) is 28.4 Å². The molecule has 4 saturated heterocycles. The van der Waals surface area contributed by atoms with E-state index in [-0.39, 0.29) is 78.5 Å². The number of amides is 1. The zero-order valence-electron chi connectivity index (χ0n) is 31.2. The van der Waals surface area contributed by atoms with Gasteiger partial charge in [-0.3, -0.25) is 9.59 Å². The van der Waals surface area contributed by atoms with Gasteiger partial charge in [0.1, 0.15) is 17.8 Å². The van der Waals surface area contributed by atoms with Crippen molar-refractivity contribution in [2.75, 3.05) is 0 Å². The summed E-state index contributed by atoms with van der Waals surface area (Å²) in [7, 11) is 0. The molecule has 4 fully saturated rings. The molecule has 4 aliphatic rings. The number of fused-ring (bicyclic) bond motifs is 4. The molecule has 0 saturated carbocycles. The minimum Gasteiger partial charge on any atom is -0.462 e. The minimum absolute atomic E-state index is 0.0145. The molecule has 10 nitrogen and oxygen atoms in total. The second kappa shape index (κ2) is 17.3. The third-order valence-corrected chi connectivity index (χ3v) is 11.0. The van der Waals surface area contributed by atoms with Crippen molar-refractivity contribution in [1.82, 2.24) is 5.32 Å². The van der Waals surface area contributed by atoms with Gasteiger partial charge in [0.05, 0.1) is 48.5 Å². The van der Waals surface area contributed by atoms with Crippen LogP contribution in [0.15, 0.2) is 0 Å². The van der Waals surface area contributed by atoms with E-state index in [9.17, 15) is 14.4 Å². The van der Waals surface area contributed by atoms with Crippen LogP contribution in [-0.4, -0.2) is 78.5 Å². The molecule has 13 atom stereocenters. The van der Waals surface area contributed by atoms with E-state index in [0.717, 1.165) is 64.2 Å². The summed E-state index contributed by atoms with van der Waals surface area (Å²) in [6.07, 6.45) is 7.85. The predicted octanol–water partition coefficient (Wildman–Crippen LogP) is 7.28. The first-order chi connectivity index (χ1) is 22.7. The summed E-state index contributed by atoms with van der Waals surface area (Å²) in [5, 5.41) is 3.06. The summed E-state index contributed by atoms with van der Waals surface area (Å²) in [6, 6.07) is -0.0471. The zero-order valence-corrected chi connectivity index (χ0v) is 31.2. The van der Waals surface area contributed by atoms with E-state index in [0.29, 0.717) is 12.8 Å². The predicted molar refractivity (Wildman–Crippen MR) is 182 cm³/mol. The van der Waals surface area contributed by atoms with Gasteiger partial charge >= 0.3 is 18.0 Å². The van der Waals surface area contributed by atoms with Crippen LogP contribution in [0, 0.1) is 23.7 Å². The van der Waals surface area contributed by atoms with Crippen LogP contribution in [0.1, 0.15) is 139 Å². The van der Waals surface area contributed by atoms with Crippen LogP contribution in [-0.2, 0) is 38.0 Å². The van der Waals surface area contributed by atoms with Gasteiger partial charge in [-0.05, 0) is 92.4 Å². The minimum atomic E-state index is -0.560. The summed E-state index contributed by atoms with van der Waals surface area (Å²) < 4.78 is 37.7. The van der Waals surface area contributed by atoms with Crippen LogP contribution in [0.25, 0.3) is 0 Å². The number of ether oxygens (including phenoxy) is 6. The fourth-order valence-electron chi connectivity index (χ4n) is 8.17. The molecule has 4 heterocycles. The number of carbonyl (C=O) groups excluding carboxylic acids is 3. The number of cyclic esters (lactones) is 2. The first kappa shape index (κ1) is 38.9. The smallest absolute Gasteiger partial charge is 0.407 e. The lowest BCUT2D eigenvalue weighted by molar-refractivity contribution is -0.175. The fourth-order valence-corrected chi connectivity index (χ4v) is 8.17. The van der Waals surface area contributed by atoms with Gasteiger partial charge in [0, 0.05) is 24.3 Å². The number of esters is 2. The summed E-state index contributed by atoms with van der Waals surface area (Å²) in [5.41, 5.74) is -0.560. The Hall–Kier alpha value is -1.91. The van der Waals surface area contributed by atoms with Crippen LogP contribution in [0.5, 0.6) is 0 Å². The molecule has 0 aromatic heterocycles. The van der Waals surface area contributed by atoms with E-state index >= 15 is 0 Å². The van der Waals surface area contributed by atoms with Crippen LogP contribution in [0.4, 0.5) is 4.79 Å². The lowest BCUT2D eigenvalue weighted by atomic mass is 9.84. The Morgan fingerprint density at radius 3 is 2.15 bits per heavy atom. The van der Waals surface area contributed by atoms with E-state index in [1.165, 1.54) is 0 Å². The maximum Gasteiger partial charge on any atom is 0.407 e. The van der Waals surface area contributed by atoms with Crippen molar-refractivity contribution < 1.29 is 42.8 Å². The van der Waals surface area contributed by atoms with E-state index in [2.05, 4.69) is 33.0 Å². The molecule has 4 bridgehead atoms. The van der Waals surface area contributed by atoms with Crippen LogP contribution < -0.4 is 5.32 Å². The first-order valence-corrected chi connectivity index (χ1v) is 19.1. The van der Waals surface area contributed by atoms with Crippen molar-refractivity contribution in [3.8, 4) is 0 Å². The van der Waals surface area contributed by atoms with Crippen molar-refractivity contribution in [2.24, 2.45) is 23.7 Å². The van der Waals surface area contributed by atoms with Crippen LogP contribution in [0.2, 0.25) is 0 Å². The topological polar surface area (TPSA) is 119 Å². The molecule has 276 valence electrons. The number of nitrogens with one attached hydrogen (secondary N) is 1. The van der Waals surface area contributed by atoms with Crippen LogP contribution >= 0.6 is 0 Å². The number of hydrogen-bond donors (Lipinski definition) is 1. The number of rotatable bonds is 9. The Labute approximate surface area is 289 Å². The lowest BCUT2D eigenvalue weighted by Crippen LogP contribution is -2.44. The van der Waals surface area contributed by atoms with Gasteiger partial charge in [-0.2, -0.15) is 0 Å². The SMILES string of the molecule is CCC[C@H](C[C@@H]1CC[C@H]([C@@H](C)[C@@H]2OC(=O)[C@H](C)[C@H]3CC[C@@H](C[C@@H](CCC)OC(=O)[C@H](C)[C@H]4CC[C@H](O4)[C@H]2C)O3)O1)NC(=O)OC(C)(C)C. The Morgan fingerprint density at radius 1 is 0.833 bits per heavy atom. The summed E-state index contributed by atoms with van der Waals surface area (Å²) in [5.74, 6) is -1.43. The molecule has 4 rings (SSSR count). The Kier molecular flexibility index (Phi) is 14.1. The van der Waals surface area contributed by atoms with Gasteiger partial charge in [-0.25, -0.2) is 4.79 Å². The van der Waals surface area contributed by atoms with Gasteiger partial charge in [0.15, 0.2) is 0 Å². The van der Waals surface area contributed by atoms with Gasteiger partial charge < -0.3 is 33.7 Å². The van der Waals surface area contributed by atoms with Gasteiger partial charge in [0.2, 0.25) is 0 Å². The molecule has 0 aliphatic carbocycles. The lowest BCUT2D eigenvalue weighted by Gasteiger charge is -2.36. The van der Waals surface area contributed by atoms with Gasteiger partial charge in [0.25, 0.3) is 0 Å². The Bertz CT molecular complexity index is 1060. The van der Waals surface area contributed by atoms with E-state index in [1.54, 1.807) is 0 Å². The molecule has 0 spiro atoms. The molecule has 48 heavy (non-hydrogen) atoms. The van der Waals surface area contributed by atoms with E-state index < -0.39 is 23.7 Å². The third-order valence-electron chi connectivity index (χ3n) is 11.0. The Morgan fingerprint density at radius 2 is 1.48 bits per heavy atom. The molecule has 1 N–H and O–H groups in total. The summed E-state index contributed by atoms with van der Waals surface area (Å²) in [6.45, 7) is 17.8. The molecule has 0 radical (unpaired) electrons. The first-order valence-electron chi connectivity index (χ1n) is 19.1. The average Bonchev–Trinajstić information content (AvgIpc) is 3.79. The van der Waals surface area contributed by atoms with Crippen molar-refractivity contribution in [3.63, 3.8) is 0 Å². The second-order valence-corrected chi connectivity index (χ2v) is 16.2. The molecular formula is C38H65NO9. The highest BCUT2D eigenvalue weighted by Crippen LogP contribution is 2.39. The van der Waals surface area contributed by atoms with Crippen molar-refractivity contribution >= 4 is 18.0 Å². The summed E-state index contributed by atoms with van der Waals surface area (Å²) >= 11 is 0. The van der Waals surface area contributed by atoms with Gasteiger partial charge in [-0.1, -0.05) is 40.5 Å². The summed E-state index contributed by atoms with van der Waals surface area (Å²) in [4.78, 5) is 39.7. The highest BCUT2D eigenvalue weighted by atomic mass is 16.6. The monoisotopic (exact) mass is 679 g/mol. The molecule has 0 aromatic carbocycles. The molecule has 1 amide bonds. The highest BCUT2D eigenvalue weighted by molar-refractivity contribution is 5.73. The molecule has 10 heteroatoms. The van der Waals surface area contributed by atoms with Gasteiger partial charge in [-0.15, -0.1) is 0 Å². The normalized spacial score (nSPS) is 37.8. The molecule has 4 aliphatic heterocycles. The molecule has 0 aromatic rings. The second-order valence-electron chi connectivity index (χ2n) is 16.2. The fraction of sp³-hybridized carbons (Fsp3) is 0.921. The van der Waals surface area contributed by atoms with Crippen molar-refractivity contribution in [1.29, 1.82) is 0 Å². The third kappa shape index (κ3) is 10.5. The number of carbonyl (C=O) groups is 3. The van der Waals surface area contributed by atoms with Crippen molar-refractivity contribution in [3.05, 3.63) is 0 Å². The van der Waals surface area contributed by atoms with Crippen LogP contribution in [0.3, 0.4) is 0 Å². The maximum atomic E-state index is 13.8. The molecule has 0 unspecified atom stereocenters. The quantitative estimate of drug-likeness (QED) is 0.198. The van der Waals surface area contributed by atoms with E-state index in [1.807, 2.05) is 34.6 Å². The average molecular weight is 680 g/mol. The number of alkyl carbamates (subject to hydrolysis) is 1. The highest BCUT2D eigenvalue weighted by Gasteiger charge is 2.46. The zero-order chi connectivity index (χ0) is 35.2. The Balaban J connectivity index is 1.48. The standard InChI is InChI=1S/C38H65NO9/c1-10-12-26(39-37(42)48-38(7,8)9)20-28-14-16-30(43-28)22(3)34-23(4)31-18-19-33(46-31)25(6)35(40)45-27(13-11-2)21-29-15-17-32(44-29)24(5)36(41)47-34/h22-34H,10-21H2,1-9H3,(H,39,42)/t22-,23-,24-,25-,26-,27-,28+,29+,30-,31+,32-,33-,34+/m1/s1. The largest absolute Gasteiger partial charge is 0.462 e. The number of hydrogen-bond acceptors (Lipinski definition) is 9.